The van der Waals surface area contributed by atoms with Crippen LogP contribution in [0, 0.1) is 12.8 Å². The lowest BCUT2D eigenvalue weighted by atomic mass is 9.80. The van der Waals surface area contributed by atoms with E-state index in [1.807, 2.05) is 12.3 Å². The van der Waals surface area contributed by atoms with E-state index in [2.05, 4.69) is 20.6 Å². The Labute approximate surface area is 163 Å². The van der Waals surface area contributed by atoms with Gasteiger partial charge in [0.1, 0.15) is 0 Å². The van der Waals surface area contributed by atoms with Crippen molar-refractivity contribution in [2.24, 2.45) is 5.92 Å². The third-order valence-electron chi connectivity index (χ3n) is 5.76. The predicted octanol–water partition coefficient (Wildman–Crippen LogP) is 0.0726. The molecular formula is C17H24N6O4S. The number of hydrogen-bond acceptors (Lipinski definition) is 7. The molecule has 3 heterocycles. The number of aryl methyl sites for hydroxylation is 2. The Morgan fingerprint density at radius 2 is 2.29 bits per heavy atom. The number of amides is 1. The van der Waals surface area contributed by atoms with E-state index in [0.29, 0.717) is 50.6 Å². The van der Waals surface area contributed by atoms with E-state index in [-0.39, 0.29) is 17.9 Å². The second kappa shape index (κ2) is 6.96. The monoisotopic (exact) mass is 408 g/mol. The molecule has 3 atom stereocenters. The molecule has 2 fully saturated rings. The molecular weight excluding hydrogens is 384 g/mol. The van der Waals surface area contributed by atoms with Gasteiger partial charge in [0, 0.05) is 44.5 Å². The van der Waals surface area contributed by atoms with E-state index in [0.717, 1.165) is 0 Å². The minimum Gasteiger partial charge on any atom is -0.353 e. The standard InChI is InChI=1S/C17H24N6O4S/c1-12-19-16(27-21-12)17-9-14(8-13(17)10-23(11-17)28(2,25)26)20-15(24)4-7-22-6-3-5-18-22/h3,5-6,13-14H,4,7-11H2,1-2H3,(H,20,24)/t13?,14-,17+/m1/s1. The van der Waals surface area contributed by atoms with Gasteiger partial charge in [-0.1, -0.05) is 5.16 Å². The summed E-state index contributed by atoms with van der Waals surface area (Å²) in [7, 11) is -3.31. The fraction of sp³-hybridized carbons (Fsp3) is 0.647. The summed E-state index contributed by atoms with van der Waals surface area (Å²) in [6.07, 6.45) is 6.32. The Hall–Kier alpha value is -2.27. The molecule has 2 aromatic rings. The smallest absolute Gasteiger partial charge is 0.234 e. The molecule has 0 aromatic carbocycles. The third-order valence-corrected chi connectivity index (χ3v) is 6.97. The van der Waals surface area contributed by atoms with Gasteiger partial charge in [-0.2, -0.15) is 10.1 Å². The second-order valence-corrected chi connectivity index (χ2v) is 9.76. The number of aromatic nitrogens is 4. The first-order chi connectivity index (χ1) is 13.3. The van der Waals surface area contributed by atoms with Crippen LogP contribution in [-0.2, 0) is 26.8 Å². The predicted molar refractivity (Wildman–Crippen MR) is 98.6 cm³/mol. The molecule has 1 saturated carbocycles. The van der Waals surface area contributed by atoms with Crippen molar-refractivity contribution in [3.8, 4) is 0 Å². The summed E-state index contributed by atoms with van der Waals surface area (Å²) in [6.45, 7) is 2.97. The zero-order chi connectivity index (χ0) is 19.9. The van der Waals surface area contributed by atoms with Crippen LogP contribution in [-0.4, -0.2) is 63.9 Å². The van der Waals surface area contributed by atoms with Gasteiger partial charge in [0.05, 0.1) is 11.7 Å². The second-order valence-electron chi connectivity index (χ2n) is 7.78. The molecule has 28 heavy (non-hydrogen) atoms. The summed E-state index contributed by atoms with van der Waals surface area (Å²) in [5.74, 6) is 0.970. The number of nitrogens with one attached hydrogen (secondary N) is 1. The van der Waals surface area contributed by atoms with Gasteiger partial charge >= 0.3 is 0 Å². The number of carbonyl (C=O) groups excluding carboxylic acids is 1. The molecule has 1 aliphatic carbocycles. The SMILES string of the molecule is Cc1noc([C@]23C[C@H](NC(=O)CCn4cccn4)CC2CN(S(C)(=O)=O)C3)n1. The molecule has 1 unspecified atom stereocenters. The average molecular weight is 408 g/mol. The van der Waals surface area contributed by atoms with Gasteiger partial charge in [0.2, 0.25) is 21.8 Å². The number of fused-ring (bicyclic) bond motifs is 1. The first kappa shape index (κ1) is 19.1. The molecule has 2 aromatic heterocycles. The topological polar surface area (TPSA) is 123 Å². The number of nitrogens with zero attached hydrogens (tertiary/aromatic N) is 5. The van der Waals surface area contributed by atoms with Gasteiger partial charge in [-0.05, 0) is 31.7 Å². The molecule has 1 amide bonds. The summed E-state index contributed by atoms with van der Waals surface area (Å²) in [6, 6.07) is 1.77. The summed E-state index contributed by atoms with van der Waals surface area (Å²) in [5, 5.41) is 11.1. The molecule has 2 aliphatic rings. The largest absolute Gasteiger partial charge is 0.353 e. The molecule has 10 nitrogen and oxygen atoms in total. The van der Waals surface area contributed by atoms with Crippen molar-refractivity contribution in [1.82, 2.24) is 29.5 Å². The van der Waals surface area contributed by atoms with Crippen LogP contribution >= 0.6 is 0 Å². The minimum atomic E-state index is -3.31. The molecule has 0 bridgehead atoms. The van der Waals surface area contributed by atoms with Crippen molar-refractivity contribution < 1.29 is 17.7 Å². The lowest BCUT2D eigenvalue weighted by Crippen LogP contribution is -2.39. The van der Waals surface area contributed by atoms with Crippen molar-refractivity contribution >= 4 is 15.9 Å². The summed E-state index contributed by atoms with van der Waals surface area (Å²) < 4.78 is 32.8. The highest BCUT2D eigenvalue weighted by Gasteiger charge is 2.58. The lowest BCUT2D eigenvalue weighted by Gasteiger charge is -2.24. The fourth-order valence-electron chi connectivity index (χ4n) is 4.47. The van der Waals surface area contributed by atoms with Gasteiger partial charge < -0.3 is 9.84 Å². The van der Waals surface area contributed by atoms with Crippen LogP contribution in [0.1, 0.15) is 31.0 Å². The fourth-order valence-corrected chi connectivity index (χ4v) is 5.38. The molecule has 4 rings (SSSR count). The van der Waals surface area contributed by atoms with Gasteiger partial charge in [-0.3, -0.25) is 9.48 Å². The van der Waals surface area contributed by atoms with Crippen molar-refractivity contribution in [1.29, 1.82) is 0 Å². The van der Waals surface area contributed by atoms with E-state index in [9.17, 15) is 13.2 Å². The Morgan fingerprint density at radius 3 is 2.93 bits per heavy atom. The van der Waals surface area contributed by atoms with E-state index in [1.165, 1.54) is 10.6 Å². The van der Waals surface area contributed by atoms with Crippen LogP contribution in [0.4, 0.5) is 0 Å². The van der Waals surface area contributed by atoms with Gasteiger partial charge in [-0.25, -0.2) is 12.7 Å². The van der Waals surface area contributed by atoms with Crippen LogP contribution < -0.4 is 5.32 Å². The molecule has 1 saturated heterocycles. The summed E-state index contributed by atoms with van der Waals surface area (Å²) in [4.78, 5) is 16.8. The highest BCUT2D eigenvalue weighted by molar-refractivity contribution is 7.88. The first-order valence-corrected chi connectivity index (χ1v) is 11.1. The number of carbonyl (C=O) groups is 1. The number of sulfonamides is 1. The minimum absolute atomic E-state index is 0.0264. The van der Waals surface area contributed by atoms with E-state index < -0.39 is 15.4 Å². The number of hydrogen-bond donors (Lipinski definition) is 1. The Morgan fingerprint density at radius 1 is 1.46 bits per heavy atom. The Kier molecular flexibility index (Phi) is 4.74. The number of rotatable bonds is 6. The Bertz CT molecular complexity index is 956. The molecule has 11 heteroatoms. The Balaban J connectivity index is 1.47. The highest BCUT2D eigenvalue weighted by atomic mass is 32.2. The van der Waals surface area contributed by atoms with E-state index in [4.69, 9.17) is 4.52 Å². The van der Waals surface area contributed by atoms with Gasteiger partial charge in [-0.15, -0.1) is 0 Å². The van der Waals surface area contributed by atoms with Gasteiger partial charge in [0.25, 0.3) is 0 Å². The molecule has 1 aliphatic heterocycles. The van der Waals surface area contributed by atoms with Crippen molar-refractivity contribution in [2.45, 2.75) is 44.2 Å². The maximum atomic E-state index is 12.4. The van der Waals surface area contributed by atoms with Crippen molar-refractivity contribution in [2.75, 3.05) is 19.3 Å². The van der Waals surface area contributed by atoms with Crippen LogP contribution in [0.5, 0.6) is 0 Å². The maximum absolute atomic E-state index is 12.4. The van der Waals surface area contributed by atoms with Crippen LogP contribution in [0.2, 0.25) is 0 Å². The average Bonchev–Trinajstić information content (AvgIpc) is 3.34. The maximum Gasteiger partial charge on any atom is 0.234 e. The van der Waals surface area contributed by atoms with Crippen LogP contribution in [0.15, 0.2) is 23.0 Å². The third kappa shape index (κ3) is 3.55. The highest BCUT2D eigenvalue weighted by Crippen LogP contribution is 2.50. The van der Waals surface area contributed by atoms with Crippen LogP contribution in [0.3, 0.4) is 0 Å². The van der Waals surface area contributed by atoms with E-state index >= 15 is 0 Å². The lowest BCUT2D eigenvalue weighted by molar-refractivity contribution is -0.122. The van der Waals surface area contributed by atoms with Gasteiger partial charge in [0.15, 0.2) is 5.82 Å². The quantitative estimate of drug-likeness (QED) is 0.717. The molecule has 152 valence electrons. The first-order valence-electron chi connectivity index (χ1n) is 9.29. The van der Waals surface area contributed by atoms with Crippen molar-refractivity contribution in [3.05, 3.63) is 30.2 Å². The zero-order valence-electron chi connectivity index (χ0n) is 15.9. The van der Waals surface area contributed by atoms with Crippen LogP contribution in [0.25, 0.3) is 0 Å². The normalized spacial score (nSPS) is 27.8. The molecule has 0 spiro atoms. The summed E-state index contributed by atoms with van der Waals surface area (Å²) in [5.41, 5.74) is -0.551. The van der Waals surface area contributed by atoms with Crippen molar-refractivity contribution in [3.63, 3.8) is 0 Å². The van der Waals surface area contributed by atoms with E-state index in [1.54, 1.807) is 17.8 Å². The molecule has 0 radical (unpaired) electrons. The molecule has 1 N–H and O–H groups in total. The summed E-state index contributed by atoms with van der Waals surface area (Å²) >= 11 is 0. The zero-order valence-corrected chi connectivity index (χ0v) is 16.7.